The Bertz CT molecular complexity index is 856. The maximum atomic E-state index is 13.3. The number of aromatic nitrogens is 2. The van der Waals surface area contributed by atoms with Crippen LogP contribution in [0.1, 0.15) is 55.3 Å². The van der Waals surface area contributed by atoms with Gasteiger partial charge in [0.15, 0.2) is 0 Å². The molecule has 0 unspecified atom stereocenters. The largest absolute Gasteiger partial charge is 0.353 e. The predicted molar refractivity (Wildman–Crippen MR) is 107 cm³/mol. The Morgan fingerprint density at radius 1 is 1.11 bits per heavy atom. The van der Waals surface area contributed by atoms with Crippen molar-refractivity contribution in [1.82, 2.24) is 14.9 Å². The third-order valence-corrected chi connectivity index (χ3v) is 5.68. The van der Waals surface area contributed by atoms with Crippen LogP contribution in [0.15, 0.2) is 24.3 Å². The normalized spacial score (nSPS) is 17.1. The van der Waals surface area contributed by atoms with Gasteiger partial charge >= 0.3 is 0 Å². The number of hydrogen-bond acceptors (Lipinski definition) is 4. The highest BCUT2D eigenvalue weighted by atomic mass is 19.1. The lowest BCUT2D eigenvalue weighted by atomic mass is 10.0. The second-order valence-electron chi connectivity index (χ2n) is 7.75. The van der Waals surface area contributed by atoms with E-state index in [0.29, 0.717) is 12.3 Å². The number of rotatable bonds is 5. The number of carbonyl (C=O) groups excluding carboxylic acids is 1. The lowest BCUT2D eigenvalue weighted by molar-refractivity contribution is -0.129. The van der Waals surface area contributed by atoms with Crippen LogP contribution < -0.4 is 4.90 Å². The van der Waals surface area contributed by atoms with Crippen molar-refractivity contribution in [3.05, 3.63) is 52.7 Å². The first kappa shape index (κ1) is 18.8. The number of nitrogens with zero attached hydrogens (tertiary/aromatic N) is 4. The highest BCUT2D eigenvalue weighted by molar-refractivity contribution is 5.73. The van der Waals surface area contributed by atoms with E-state index >= 15 is 0 Å². The van der Waals surface area contributed by atoms with Gasteiger partial charge in [-0.1, -0.05) is 19.1 Å². The zero-order chi connectivity index (χ0) is 19.7. The second-order valence-corrected chi connectivity index (χ2v) is 7.75. The lowest BCUT2D eigenvalue weighted by Gasteiger charge is -2.36. The maximum Gasteiger partial charge on any atom is 0.219 e. The number of benzene rings is 1. The van der Waals surface area contributed by atoms with E-state index in [0.717, 1.165) is 73.9 Å². The first-order chi connectivity index (χ1) is 13.5. The molecule has 1 amide bonds. The van der Waals surface area contributed by atoms with Gasteiger partial charge in [-0.2, -0.15) is 0 Å². The molecule has 28 heavy (non-hydrogen) atoms. The molecule has 1 saturated carbocycles. The number of hydrogen-bond donors (Lipinski definition) is 0. The van der Waals surface area contributed by atoms with Gasteiger partial charge in [-0.05, 0) is 37.0 Å². The smallest absolute Gasteiger partial charge is 0.219 e. The Morgan fingerprint density at radius 3 is 2.36 bits per heavy atom. The summed E-state index contributed by atoms with van der Waals surface area (Å²) in [5, 5.41) is 0. The van der Waals surface area contributed by atoms with Crippen LogP contribution in [0, 0.1) is 5.82 Å². The number of amides is 1. The van der Waals surface area contributed by atoms with Crippen LogP contribution in [0.3, 0.4) is 0 Å². The topological polar surface area (TPSA) is 49.3 Å². The highest BCUT2D eigenvalue weighted by Gasteiger charge is 2.30. The van der Waals surface area contributed by atoms with E-state index in [2.05, 4.69) is 11.8 Å². The molecule has 148 valence electrons. The predicted octanol–water partition coefficient (Wildman–Crippen LogP) is 3.31. The molecule has 5 nitrogen and oxygen atoms in total. The summed E-state index contributed by atoms with van der Waals surface area (Å²) < 4.78 is 13.3. The fraction of sp³-hybridized carbons (Fsp3) is 0.500. The Labute approximate surface area is 165 Å². The number of halogens is 1. The van der Waals surface area contributed by atoms with E-state index in [-0.39, 0.29) is 11.7 Å². The molecule has 4 rings (SSSR count). The fourth-order valence-corrected chi connectivity index (χ4v) is 3.83. The number of carbonyl (C=O) groups is 1. The molecule has 1 aliphatic heterocycles. The third kappa shape index (κ3) is 4.01. The molecule has 2 heterocycles. The van der Waals surface area contributed by atoms with Crippen LogP contribution in [0.25, 0.3) is 0 Å². The molecule has 1 aromatic carbocycles. The minimum absolute atomic E-state index is 0.127. The van der Waals surface area contributed by atoms with Gasteiger partial charge in [0, 0.05) is 56.7 Å². The van der Waals surface area contributed by atoms with Crippen LogP contribution >= 0.6 is 0 Å². The van der Waals surface area contributed by atoms with Crippen molar-refractivity contribution in [2.45, 2.75) is 45.4 Å². The van der Waals surface area contributed by atoms with Crippen molar-refractivity contribution in [1.29, 1.82) is 0 Å². The first-order valence-corrected chi connectivity index (χ1v) is 10.2. The van der Waals surface area contributed by atoms with Crippen molar-refractivity contribution < 1.29 is 9.18 Å². The van der Waals surface area contributed by atoms with Crippen molar-refractivity contribution >= 4 is 11.7 Å². The summed E-state index contributed by atoms with van der Waals surface area (Å²) in [5.41, 5.74) is 3.28. The average molecular weight is 382 g/mol. The quantitative estimate of drug-likeness (QED) is 0.796. The summed E-state index contributed by atoms with van der Waals surface area (Å²) in [5.74, 6) is 2.36. The molecule has 2 aromatic rings. The molecule has 6 heteroatoms. The van der Waals surface area contributed by atoms with E-state index in [4.69, 9.17) is 9.97 Å². The number of aryl methyl sites for hydroxylation is 1. The molecular weight excluding hydrogens is 355 g/mol. The summed E-state index contributed by atoms with van der Waals surface area (Å²) in [6.45, 7) is 6.75. The van der Waals surface area contributed by atoms with Gasteiger partial charge in [0.25, 0.3) is 0 Å². The SMILES string of the molecule is CCc1nc(C2CC2)nc(N2CCN(C(C)=O)CC2)c1Cc1ccc(F)cc1. The third-order valence-electron chi connectivity index (χ3n) is 5.68. The minimum Gasteiger partial charge on any atom is -0.353 e. The number of piperazine rings is 1. The average Bonchev–Trinajstić information content (AvgIpc) is 3.55. The van der Waals surface area contributed by atoms with Crippen molar-refractivity contribution in [2.75, 3.05) is 31.1 Å². The lowest BCUT2D eigenvalue weighted by Crippen LogP contribution is -2.48. The van der Waals surface area contributed by atoms with Gasteiger partial charge < -0.3 is 9.80 Å². The molecule has 0 N–H and O–H groups in total. The maximum absolute atomic E-state index is 13.3. The van der Waals surface area contributed by atoms with Crippen LogP contribution in [-0.4, -0.2) is 47.0 Å². The Kier molecular flexibility index (Phi) is 5.29. The molecule has 2 aliphatic rings. The van der Waals surface area contributed by atoms with Gasteiger partial charge in [-0.25, -0.2) is 14.4 Å². The molecule has 0 atom stereocenters. The Balaban J connectivity index is 1.68. The first-order valence-electron chi connectivity index (χ1n) is 10.2. The zero-order valence-corrected chi connectivity index (χ0v) is 16.6. The fourth-order valence-electron chi connectivity index (χ4n) is 3.83. The van der Waals surface area contributed by atoms with Gasteiger partial charge in [0.1, 0.15) is 17.5 Å². The summed E-state index contributed by atoms with van der Waals surface area (Å²) in [4.78, 5) is 25.7. The summed E-state index contributed by atoms with van der Waals surface area (Å²) >= 11 is 0. The second kappa shape index (κ2) is 7.86. The van der Waals surface area contributed by atoms with Crippen molar-refractivity contribution in [3.8, 4) is 0 Å². The monoisotopic (exact) mass is 382 g/mol. The highest BCUT2D eigenvalue weighted by Crippen LogP contribution is 2.40. The van der Waals surface area contributed by atoms with Crippen molar-refractivity contribution in [3.63, 3.8) is 0 Å². The van der Waals surface area contributed by atoms with Gasteiger partial charge in [0.05, 0.1) is 0 Å². The van der Waals surface area contributed by atoms with E-state index in [9.17, 15) is 9.18 Å². The van der Waals surface area contributed by atoms with E-state index in [1.54, 1.807) is 6.92 Å². The van der Waals surface area contributed by atoms with Crippen LogP contribution in [0.2, 0.25) is 0 Å². The molecular formula is C22H27FN4O. The van der Waals surface area contributed by atoms with E-state index in [1.165, 1.54) is 12.1 Å². The van der Waals surface area contributed by atoms with Gasteiger partial charge in [-0.15, -0.1) is 0 Å². The van der Waals surface area contributed by atoms with Crippen LogP contribution in [0.5, 0.6) is 0 Å². The van der Waals surface area contributed by atoms with E-state index < -0.39 is 0 Å². The zero-order valence-electron chi connectivity index (χ0n) is 16.6. The molecule has 0 bridgehead atoms. The summed E-state index contributed by atoms with van der Waals surface area (Å²) in [6, 6.07) is 6.68. The van der Waals surface area contributed by atoms with Crippen LogP contribution in [-0.2, 0) is 17.6 Å². The molecule has 2 fully saturated rings. The number of anilines is 1. The molecule has 0 spiro atoms. The standard InChI is InChI=1S/C22H27FN4O/c1-3-20-19(14-16-4-8-18(23)9-5-16)22(25-21(24-20)17-6-7-17)27-12-10-26(11-13-27)15(2)28/h4-5,8-9,17H,3,6-7,10-14H2,1-2H3. The molecule has 1 aromatic heterocycles. The Hall–Kier alpha value is -2.50. The Morgan fingerprint density at radius 2 is 1.79 bits per heavy atom. The summed E-state index contributed by atoms with van der Waals surface area (Å²) in [7, 11) is 0. The van der Waals surface area contributed by atoms with E-state index in [1.807, 2.05) is 17.0 Å². The molecule has 0 radical (unpaired) electrons. The van der Waals surface area contributed by atoms with Gasteiger partial charge in [-0.3, -0.25) is 4.79 Å². The van der Waals surface area contributed by atoms with Crippen molar-refractivity contribution in [2.24, 2.45) is 0 Å². The van der Waals surface area contributed by atoms with Gasteiger partial charge in [0.2, 0.25) is 5.91 Å². The summed E-state index contributed by atoms with van der Waals surface area (Å²) in [6.07, 6.45) is 3.87. The molecule has 1 aliphatic carbocycles. The molecule has 1 saturated heterocycles. The van der Waals surface area contributed by atoms with Crippen LogP contribution in [0.4, 0.5) is 10.2 Å². The minimum atomic E-state index is -0.222.